The molecule has 0 spiro atoms. The number of sulfone groups is 1. The molecule has 0 bridgehead atoms. The summed E-state index contributed by atoms with van der Waals surface area (Å²) in [5, 5.41) is 0. The Kier molecular flexibility index (Phi) is 6.29. The fourth-order valence-corrected chi connectivity index (χ4v) is 4.41. The van der Waals surface area contributed by atoms with Gasteiger partial charge in [-0.15, -0.1) is 0 Å². The van der Waals surface area contributed by atoms with Gasteiger partial charge < -0.3 is 9.15 Å². The number of aryl methyl sites for hydroxylation is 2. The Morgan fingerprint density at radius 3 is 2.41 bits per heavy atom. The molecule has 150 valence electrons. The van der Waals surface area contributed by atoms with Crippen LogP contribution in [0.3, 0.4) is 0 Å². The van der Waals surface area contributed by atoms with Gasteiger partial charge in [-0.05, 0) is 24.1 Å². The van der Waals surface area contributed by atoms with E-state index in [9.17, 15) is 18.0 Å². The second kappa shape index (κ2) is 8.87. The molecule has 3 rings (SSSR count). The summed E-state index contributed by atoms with van der Waals surface area (Å²) in [4.78, 5) is 24.0. The van der Waals surface area contributed by atoms with E-state index in [1.165, 1.54) is 12.1 Å². The van der Waals surface area contributed by atoms with Gasteiger partial charge in [0.25, 0.3) is 0 Å². The second-order valence-electron chi connectivity index (χ2n) is 6.50. The highest BCUT2D eigenvalue weighted by Crippen LogP contribution is 2.19. The van der Waals surface area contributed by atoms with E-state index in [4.69, 9.17) is 9.15 Å². The lowest BCUT2D eigenvalue weighted by Gasteiger charge is -2.10. The number of carbonyl (C=O) groups is 1. The number of aldehydes is 1. The molecule has 1 heterocycles. The van der Waals surface area contributed by atoms with Crippen molar-refractivity contribution in [3.05, 3.63) is 93.5 Å². The molecule has 0 radical (unpaired) electrons. The van der Waals surface area contributed by atoms with Crippen molar-refractivity contribution < 1.29 is 22.4 Å². The molecule has 0 aliphatic heterocycles. The van der Waals surface area contributed by atoms with Gasteiger partial charge in [0.2, 0.25) is 16.9 Å². The Labute approximate surface area is 168 Å². The van der Waals surface area contributed by atoms with Crippen LogP contribution in [-0.2, 0) is 22.9 Å². The van der Waals surface area contributed by atoms with Gasteiger partial charge in [0.1, 0.15) is 12.4 Å². The molecule has 1 aromatic heterocycles. The summed E-state index contributed by atoms with van der Waals surface area (Å²) in [6, 6.07) is 17.0. The number of rotatable bonds is 8. The fourth-order valence-electron chi connectivity index (χ4n) is 2.87. The Bertz CT molecular complexity index is 1160. The van der Waals surface area contributed by atoms with Crippen LogP contribution < -0.4 is 10.2 Å². The highest BCUT2D eigenvalue weighted by molar-refractivity contribution is 7.91. The van der Waals surface area contributed by atoms with Gasteiger partial charge >= 0.3 is 0 Å². The molecule has 0 amide bonds. The van der Waals surface area contributed by atoms with Crippen LogP contribution in [0.2, 0.25) is 0 Å². The summed E-state index contributed by atoms with van der Waals surface area (Å²) in [6.07, 6.45) is 0.354. The molecule has 0 saturated heterocycles. The molecule has 3 aromatic rings. The molecular formula is C22H20O6S. The summed E-state index contributed by atoms with van der Waals surface area (Å²) < 4.78 is 36.1. The van der Waals surface area contributed by atoms with Crippen molar-refractivity contribution in [3.8, 4) is 5.75 Å². The predicted molar refractivity (Wildman–Crippen MR) is 108 cm³/mol. The largest absolute Gasteiger partial charge is 0.481 e. The van der Waals surface area contributed by atoms with Gasteiger partial charge in [-0.2, -0.15) is 0 Å². The number of hydrogen-bond donors (Lipinski definition) is 0. The van der Waals surface area contributed by atoms with Crippen molar-refractivity contribution in [1.29, 1.82) is 0 Å². The maximum atomic E-state index is 12.6. The van der Waals surface area contributed by atoms with E-state index in [2.05, 4.69) is 0 Å². The van der Waals surface area contributed by atoms with Crippen molar-refractivity contribution in [3.63, 3.8) is 0 Å². The first kappa shape index (κ1) is 20.5. The van der Waals surface area contributed by atoms with E-state index in [1.807, 2.05) is 30.3 Å². The average Bonchev–Trinajstić information content (AvgIpc) is 2.72. The van der Waals surface area contributed by atoms with Gasteiger partial charge in [-0.1, -0.05) is 48.5 Å². The average molecular weight is 412 g/mol. The molecule has 29 heavy (non-hydrogen) atoms. The number of hydrogen-bond acceptors (Lipinski definition) is 6. The Morgan fingerprint density at radius 1 is 1.03 bits per heavy atom. The van der Waals surface area contributed by atoms with E-state index in [-0.39, 0.29) is 40.9 Å². The maximum absolute atomic E-state index is 12.6. The van der Waals surface area contributed by atoms with E-state index in [0.29, 0.717) is 11.8 Å². The van der Waals surface area contributed by atoms with Crippen LogP contribution in [0.4, 0.5) is 0 Å². The number of carbonyl (C=O) groups excluding carboxylic acids is 1. The first-order valence-electron chi connectivity index (χ1n) is 8.98. The van der Waals surface area contributed by atoms with Crippen LogP contribution in [0.15, 0.2) is 74.8 Å². The summed E-state index contributed by atoms with van der Waals surface area (Å²) >= 11 is 0. The van der Waals surface area contributed by atoms with Gasteiger partial charge in [0.15, 0.2) is 16.1 Å². The first-order chi connectivity index (χ1) is 13.9. The van der Waals surface area contributed by atoms with Crippen LogP contribution >= 0.6 is 0 Å². The van der Waals surface area contributed by atoms with Crippen LogP contribution in [0.25, 0.3) is 0 Å². The molecule has 0 saturated carbocycles. The summed E-state index contributed by atoms with van der Waals surface area (Å²) in [5.41, 5.74) is 0.946. The molecule has 0 fully saturated rings. The van der Waals surface area contributed by atoms with E-state index < -0.39 is 15.3 Å². The molecule has 0 aliphatic rings. The van der Waals surface area contributed by atoms with E-state index in [1.54, 1.807) is 25.1 Å². The quantitative estimate of drug-likeness (QED) is 0.527. The highest BCUT2D eigenvalue weighted by atomic mass is 32.2. The molecule has 7 heteroatoms. The predicted octanol–water partition coefficient (Wildman–Crippen LogP) is 3.36. The van der Waals surface area contributed by atoms with Crippen molar-refractivity contribution in [2.24, 2.45) is 0 Å². The van der Waals surface area contributed by atoms with Crippen molar-refractivity contribution in [2.45, 2.75) is 24.8 Å². The summed E-state index contributed by atoms with van der Waals surface area (Å²) in [5.74, 6) is -0.573. The van der Waals surface area contributed by atoms with Crippen molar-refractivity contribution in [2.75, 3.05) is 5.75 Å². The molecule has 0 atom stereocenters. The van der Waals surface area contributed by atoms with E-state index in [0.717, 1.165) is 5.56 Å². The molecule has 6 nitrogen and oxygen atoms in total. The smallest absolute Gasteiger partial charge is 0.227 e. The number of ether oxygens (including phenoxy) is 1. The molecule has 0 N–H and O–H groups in total. The molecule has 2 aromatic carbocycles. The molecule has 0 aliphatic carbocycles. The third-order valence-electron chi connectivity index (χ3n) is 4.36. The lowest BCUT2D eigenvalue weighted by Crippen LogP contribution is -2.14. The lowest BCUT2D eigenvalue weighted by atomic mass is 10.2. The normalized spacial score (nSPS) is 11.2. The molecular weight excluding hydrogens is 392 g/mol. The monoisotopic (exact) mass is 412 g/mol. The SMILES string of the molecule is Cc1ccccc1S(=O)(=O)CCc1cc(=O)c(OCc2ccccc2)c(C=O)o1. The standard InChI is InChI=1S/C22H20O6S/c1-16-7-5-6-10-21(16)29(25,26)12-11-18-13-19(24)22(20(14-23)28-18)27-15-17-8-3-2-4-9-17/h2-10,13-14H,11-12,15H2,1H3. The highest BCUT2D eigenvalue weighted by Gasteiger charge is 2.19. The van der Waals surface area contributed by atoms with Crippen LogP contribution in [0.1, 0.15) is 27.4 Å². The van der Waals surface area contributed by atoms with Gasteiger partial charge in [-0.3, -0.25) is 9.59 Å². The number of benzene rings is 2. The second-order valence-corrected chi connectivity index (χ2v) is 8.57. The third-order valence-corrected chi connectivity index (χ3v) is 6.23. The minimum Gasteiger partial charge on any atom is -0.481 e. The fraction of sp³-hybridized carbons (Fsp3) is 0.182. The zero-order valence-electron chi connectivity index (χ0n) is 15.8. The third kappa shape index (κ3) is 5.00. The molecule has 0 unspecified atom stereocenters. The van der Waals surface area contributed by atoms with Gasteiger partial charge in [0.05, 0.1) is 10.6 Å². The van der Waals surface area contributed by atoms with Gasteiger partial charge in [0, 0.05) is 12.5 Å². The van der Waals surface area contributed by atoms with Crippen LogP contribution in [-0.4, -0.2) is 20.5 Å². The first-order valence-corrected chi connectivity index (χ1v) is 10.6. The van der Waals surface area contributed by atoms with Gasteiger partial charge in [-0.25, -0.2) is 8.42 Å². The van der Waals surface area contributed by atoms with Crippen molar-refractivity contribution in [1.82, 2.24) is 0 Å². The van der Waals surface area contributed by atoms with Crippen LogP contribution in [0, 0.1) is 6.92 Å². The zero-order chi connectivity index (χ0) is 20.9. The maximum Gasteiger partial charge on any atom is 0.227 e. The van der Waals surface area contributed by atoms with Crippen LogP contribution in [0.5, 0.6) is 5.75 Å². The Morgan fingerprint density at radius 2 is 1.72 bits per heavy atom. The topological polar surface area (TPSA) is 90.6 Å². The Hall–Kier alpha value is -3.19. The minimum absolute atomic E-state index is 0.0360. The minimum atomic E-state index is -3.56. The summed E-state index contributed by atoms with van der Waals surface area (Å²) in [7, 11) is -3.56. The van der Waals surface area contributed by atoms with Crippen molar-refractivity contribution >= 4 is 16.1 Å². The summed E-state index contributed by atoms with van der Waals surface area (Å²) in [6.45, 7) is 1.82. The zero-order valence-corrected chi connectivity index (χ0v) is 16.6. The Balaban J connectivity index is 1.77. The lowest BCUT2D eigenvalue weighted by molar-refractivity contribution is 0.108. The van der Waals surface area contributed by atoms with E-state index >= 15 is 0 Å².